The molecule has 0 radical (unpaired) electrons. The van der Waals surface area contributed by atoms with E-state index in [1.807, 2.05) is 26.0 Å². The number of H-pyrrole nitrogens is 1. The number of hydrogen-bond donors (Lipinski definition) is 2. The highest BCUT2D eigenvalue weighted by molar-refractivity contribution is 5.81. The molecule has 3 N–H and O–H groups in total. The molecule has 0 saturated heterocycles. The summed E-state index contributed by atoms with van der Waals surface area (Å²) in [5, 5.41) is 0. The maximum absolute atomic E-state index is 6.16. The molecule has 0 unspecified atom stereocenters. The summed E-state index contributed by atoms with van der Waals surface area (Å²) in [5.74, 6) is 1.27. The number of aromatic nitrogens is 3. The summed E-state index contributed by atoms with van der Waals surface area (Å²) in [6.45, 7) is 4.04. The lowest BCUT2D eigenvalue weighted by Gasteiger charge is -2.07. The second kappa shape index (κ2) is 4.52. The van der Waals surface area contributed by atoms with E-state index in [0.717, 1.165) is 33.7 Å². The minimum Gasteiger partial charge on any atom is -0.481 e. The Morgan fingerprint density at radius 2 is 1.95 bits per heavy atom. The van der Waals surface area contributed by atoms with Crippen LogP contribution in [0.5, 0.6) is 5.88 Å². The smallest absolute Gasteiger partial charge is 0.215 e. The maximum atomic E-state index is 6.16. The predicted octanol–water partition coefficient (Wildman–Crippen LogP) is 2.83. The molecule has 20 heavy (non-hydrogen) atoms. The van der Waals surface area contributed by atoms with Crippen molar-refractivity contribution >= 4 is 16.9 Å². The van der Waals surface area contributed by atoms with Crippen molar-refractivity contribution in [2.45, 2.75) is 13.8 Å². The zero-order valence-corrected chi connectivity index (χ0v) is 11.7. The number of nitrogens with one attached hydrogen (secondary N) is 1. The summed E-state index contributed by atoms with van der Waals surface area (Å²) in [4.78, 5) is 12.1. The van der Waals surface area contributed by atoms with Crippen LogP contribution in [0.2, 0.25) is 0 Å². The Morgan fingerprint density at radius 1 is 1.15 bits per heavy atom. The number of aromatic amines is 1. The number of pyridine rings is 1. The quantitative estimate of drug-likeness (QED) is 0.701. The van der Waals surface area contributed by atoms with Crippen LogP contribution in [-0.2, 0) is 0 Å². The van der Waals surface area contributed by atoms with Gasteiger partial charge in [-0.1, -0.05) is 6.07 Å². The summed E-state index contributed by atoms with van der Waals surface area (Å²) >= 11 is 0. The number of ether oxygens (including phenoxy) is 1. The van der Waals surface area contributed by atoms with Gasteiger partial charge in [-0.25, -0.2) is 4.98 Å². The van der Waals surface area contributed by atoms with Crippen LogP contribution in [0.15, 0.2) is 24.3 Å². The van der Waals surface area contributed by atoms with Crippen LogP contribution < -0.4 is 10.5 Å². The van der Waals surface area contributed by atoms with Gasteiger partial charge in [0.15, 0.2) is 5.65 Å². The summed E-state index contributed by atoms with van der Waals surface area (Å²) in [6.07, 6.45) is 0. The molecule has 2 heterocycles. The number of hydrogen-bond acceptors (Lipinski definition) is 4. The molecular formula is C15H16N4O. The van der Waals surface area contributed by atoms with Gasteiger partial charge in [-0.2, -0.15) is 4.98 Å². The molecule has 0 bridgehead atoms. The summed E-state index contributed by atoms with van der Waals surface area (Å²) in [5.41, 5.74) is 11.5. The number of nitrogens with two attached hydrogens (primary N) is 1. The van der Waals surface area contributed by atoms with Crippen LogP contribution in [0.25, 0.3) is 22.6 Å². The van der Waals surface area contributed by atoms with Crippen LogP contribution in [0.4, 0.5) is 5.69 Å². The van der Waals surface area contributed by atoms with E-state index in [2.05, 4.69) is 21.0 Å². The van der Waals surface area contributed by atoms with E-state index in [0.29, 0.717) is 11.5 Å². The fraction of sp³-hybridized carbons (Fsp3) is 0.200. The van der Waals surface area contributed by atoms with Crippen LogP contribution in [0.3, 0.4) is 0 Å². The third kappa shape index (κ3) is 1.97. The molecule has 5 nitrogen and oxygen atoms in total. The van der Waals surface area contributed by atoms with Gasteiger partial charge in [-0.3, -0.25) is 0 Å². The van der Waals surface area contributed by atoms with E-state index in [9.17, 15) is 0 Å². The number of rotatable bonds is 2. The molecule has 0 aliphatic rings. The third-order valence-corrected chi connectivity index (χ3v) is 3.32. The standard InChI is InChI=1S/C15H16N4O/c1-8-6-9(2)13(16)10(7-8)14-17-11-4-5-12(20-3)18-15(11)19-14/h4-7H,16H2,1-3H3,(H,17,18,19). The molecule has 1 aromatic carbocycles. The topological polar surface area (TPSA) is 76.8 Å². The second-order valence-corrected chi connectivity index (χ2v) is 4.85. The number of imidazole rings is 1. The first-order valence-electron chi connectivity index (χ1n) is 6.36. The number of nitrogen functional groups attached to an aromatic ring is 1. The molecule has 0 fully saturated rings. The van der Waals surface area contributed by atoms with Gasteiger partial charge < -0.3 is 15.5 Å². The number of fused-ring (bicyclic) bond motifs is 1. The van der Waals surface area contributed by atoms with E-state index in [1.165, 1.54) is 0 Å². The fourth-order valence-corrected chi connectivity index (χ4v) is 2.29. The molecule has 3 rings (SSSR count). The third-order valence-electron chi connectivity index (χ3n) is 3.32. The number of benzene rings is 1. The van der Waals surface area contributed by atoms with Crippen molar-refractivity contribution in [1.82, 2.24) is 15.0 Å². The molecule has 0 aliphatic carbocycles. The monoisotopic (exact) mass is 268 g/mol. The average molecular weight is 268 g/mol. The molecule has 0 spiro atoms. The van der Waals surface area contributed by atoms with Gasteiger partial charge >= 0.3 is 0 Å². The van der Waals surface area contributed by atoms with E-state index in [-0.39, 0.29) is 0 Å². The van der Waals surface area contributed by atoms with E-state index >= 15 is 0 Å². The maximum Gasteiger partial charge on any atom is 0.215 e. The van der Waals surface area contributed by atoms with Crippen LogP contribution >= 0.6 is 0 Å². The van der Waals surface area contributed by atoms with Gasteiger partial charge in [-0.05, 0) is 37.1 Å². The largest absolute Gasteiger partial charge is 0.481 e. The summed E-state index contributed by atoms with van der Waals surface area (Å²) in [7, 11) is 1.59. The van der Waals surface area contributed by atoms with Crippen LogP contribution in [-0.4, -0.2) is 22.1 Å². The van der Waals surface area contributed by atoms with Crippen molar-refractivity contribution in [3.8, 4) is 17.3 Å². The molecule has 102 valence electrons. The van der Waals surface area contributed by atoms with Gasteiger partial charge in [0.1, 0.15) is 5.82 Å². The Balaban J connectivity index is 2.20. The molecule has 0 aliphatic heterocycles. The minimum atomic E-state index is 0.545. The lowest BCUT2D eigenvalue weighted by molar-refractivity contribution is 0.399. The Hall–Kier alpha value is -2.56. The highest BCUT2D eigenvalue weighted by atomic mass is 16.5. The van der Waals surface area contributed by atoms with E-state index in [4.69, 9.17) is 10.5 Å². The Morgan fingerprint density at radius 3 is 2.70 bits per heavy atom. The molecule has 0 saturated carbocycles. The van der Waals surface area contributed by atoms with Crippen molar-refractivity contribution in [2.75, 3.05) is 12.8 Å². The van der Waals surface area contributed by atoms with Gasteiger partial charge in [0, 0.05) is 17.3 Å². The van der Waals surface area contributed by atoms with E-state index < -0.39 is 0 Å². The average Bonchev–Trinajstić information content (AvgIpc) is 2.85. The normalized spacial score (nSPS) is 10.9. The summed E-state index contributed by atoms with van der Waals surface area (Å²) in [6, 6.07) is 7.78. The molecule has 5 heteroatoms. The lowest BCUT2D eigenvalue weighted by Crippen LogP contribution is -1.96. The number of aryl methyl sites for hydroxylation is 2. The van der Waals surface area contributed by atoms with E-state index in [1.54, 1.807) is 13.2 Å². The Labute approximate surface area is 116 Å². The van der Waals surface area contributed by atoms with Crippen molar-refractivity contribution in [3.63, 3.8) is 0 Å². The molecule has 2 aromatic heterocycles. The molecule has 3 aromatic rings. The fourth-order valence-electron chi connectivity index (χ4n) is 2.29. The first-order chi connectivity index (χ1) is 9.58. The van der Waals surface area contributed by atoms with Crippen molar-refractivity contribution in [3.05, 3.63) is 35.4 Å². The van der Waals surface area contributed by atoms with Crippen molar-refractivity contribution < 1.29 is 4.74 Å². The second-order valence-electron chi connectivity index (χ2n) is 4.85. The highest BCUT2D eigenvalue weighted by Gasteiger charge is 2.12. The van der Waals surface area contributed by atoms with Crippen LogP contribution in [0.1, 0.15) is 11.1 Å². The van der Waals surface area contributed by atoms with Gasteiger partial charge in [0.05, 0.1) is 12.6 Å². The van der Waals surface area contributed by atoms with Crippen molar-refractivity contribution in [1.29, 1.82) is 0 Å². The Kier molecular flexibility index (Phi) is 2.82. The van der Waals surface area contributed by atoms with Gasteiger partial charge in [0.25, 0.3) is 0 Å². The minimum absolute atomic E-state index is 0.545. The predicted molar refractivity (Wildman–Crippen MR) is 79.8 cm³/mol. The molecule has 0 atom stereocenters. The first kappa shape index (κ1) is 12.5. The van der Waals surface area contributed by atoms with Crippen molar-refractivity contribution in [2.24, 2.45) is 0 Å². The molecular weight excluding hydrogens is 252 g/mol. The molecule has 0 amide bonds. The SMILES string of the molecule is COc1ccc2[nH]c(-c3cc(C)cc(C)c3N)nc2n1. The lowest BCUT2D eigenvalue weighted by atomic mass is 10.0. The van der Waals surface area contributed by atoms with Gasteiger partial charge in [0.2, 0.25) is 5.88 Å². The van der Waals surface area contributed by atoms with Crippen LogP contribution in [0, 0.1) is 13.8 Å². The zero-order valence-electron chi connectivity index (χ0n) is 11.7. The number of nitrogens with zero attached hydrogens (tertiary/aromatic N) is 2. The number of anilines is 1. The highest BCUT2D eigenvalue weighted by Crippen LogP contribution is 2.29. The number of methoxy groups -OCH3 is 1. The first-order valence-corrected chi connectivity index (χ1v) is 6.36. The Bertz CT molecular complexity index is 792. The summed E-state index contributed by atoms with van der Waals surface area (Å²) < 4.78 is 5.11. The zero-order chi connectivity index (χ0) is 14.3. The van der Waals surface area contributed by atoms with Gasteiger partial charge in [-0.15, -0.1) is 0 Å².